The Morgan fingerprint density at radius 3 is 2.75 bits per heavy atom. The maximum atomic E-state index is 11.4. The van der Waals surface area contributed by atoms with Crippen LogP contribution in [0.15, 0.2) is 48.2 Å². The third-order valence-electron chi connectivity index (χ3n) is 2.55. The first kappa shape index (κ1) is 10.7. The Morgan fingerprint density at radius 1 is 1.31 bits per heavy atom. The van der Waals surface area contributed by atoms with Gasteiger partial charge in [0.1, 0.15) is 6.10 Å². The summed E-state index contributed by atoms with van der Waals surface area (Å²) in [5.74, 6) is 0.161. The third kappa shape index (κ3) is 2.60. The molecule has 1 unspecified atom stereocenters. The van der Waals surface area contributed by atoms with E-state index in [9.17, 15) is 4.79 Å². The van der Waals surface area contributed by atoms with Gasteiger partial charge in [-0.25, -0.2) is 0 Å². The molecular formula is C14H14O2. The molecule has 1 aromatic carbocycles. The van der Waals surface area contributed by atoms with E-state index >= 15 is 0 Å². The normalized spacial score (nSPS) is 20.7. The quantitative estimate of drug-likeness (QED) is 0.756. The van der Waals surface area contributed by atoms with E-state index in [4.69, 9.17) is 4.74 Å². The van der Waals surface area contributed by atoms with Crippen LogP contribution in [0.2, 0.25) is 0 Å². The molecule has 2 nitrogen and oxygen atoms in total. The van der Waals surface area contributed by atoms with Crippen molar-refractivity contribution in [3.63, 3.8) is 0 Å². The number of ether oxygens (including phenoxy) is 1. The topological polar surface area (TPSA) is 26.3 Å². The van der Waals surface area contributed by atoms with Crippen molar-refractivity contribution in [1.29, 1.82) is 0 Å². The van der Waals surface area contributed by atoms with Crippen LogP contribution in [0.25, 0.3) is 6.08 Å². The average molecular weight is 214 g/mol. The second-order valence-electron chi connectivity index (χ2n) is 3.87. The molecule has 0 amide bonds. The van der Waals surface area contributed by atoms with Gasteiger partial charge in [0.05, 0.1) is 12.7 Å². The van der Waals surface area contributed by atoms with E-state index in [1.165, 1.54) is 0 Å². The van der Waals surface area contributed by atoms with E-state index in [1.54, 1.807) is 13.2 Å². The lowest BCUT2D eigenvalue weighted by Crippen LogP contribution is -2.19. The minimum absolute atomic E-state index is 0.128. The van der Waals surface area contributed by atoms with Crippen LogP contribution < -0.4 is 0 Å². The molecule has 0 saturated heterocycles. The van der Waals surface area contributed by atoms with Gasteiger partial charge in [0, 0.05) is 5.57 Å². The second-order valence-corrected chi connectivity index (χ2v) is 3.87. The molecular weight excluding hydrogens is 200 g/mol. The van der Waals surface area contributed by atoms with Crippen molar-refractivity contribution >= 4 is 11.9 Å². The van der Waals surface area contributed by atoms with Crippen LogP contribution >= 0.6 is 0 Å². The zero-order valence-electron chi connectivity index (χ0n) is 9.22. The fourth-order valence-corrected chi connectivity index (χ4v) is 1.54. The van der Waals surface area contributed by atoms with Crippen LogP contribution in [0.3, 0.4) is 0 Å². The fourth-order valence-electron chi connectivity index (χ4n) is 1.54. The van der Waals surface area contributed by atoms with Crippen molar-refractivity contribution in [2.45, 2.75) is 19.4 Å². The van der Waals surface area contributed by atoms with Crippen LogP contribution in [0.4, 0.5) is 0 Å². The molecule has 2 heteroatoms. The highest BCUT2D eigenvalue weighted by Crippen LogP contribution is 2.15. The largest absolute Gasteiger partial charge is 0.493 e. The average Bonchev–Trinajstić information content (AvgIpc) is 2.32. The maximum Gasteiger partial charge on any atom is 0.165 e. The van der Waals surface area contributed by atoms with Gasteiger partial charge in [0.25, 0.3) is 0 Å². The van der Waals surface area contributed by atoms with Crippen molar-refractivity contribution in [2.75, 3.05) is 0 Å². The summed E-state index contributed by atoms with van der Waals surface area (Å²) in [5.41, 5.74) is 1.81. The Kier molecular flexibility index (Phi) is 3.20. The Labute approximate surface area is 95.2 Å². The van der Waals surface area contributed by atoms with E-state index in [-0.39, 0.29) is 11.9 Å². The summed E-state index contributed by atoms with van der Waals surface area (Å²) in [6.07, 6.45) is 5.76. The van der Waals surface area contributed by atoms with E-state index < -0.39 is 0 Å². The second kappa shape index (κ2) is 4.79. The monoisotopic (exact) mass is 214 g/mol. The highest BCUT2D eigenvalue weighted by Gasteiger charge is 2.17. The van der Waals surface area contributed by atoms with Crippen LogP contribution in [0.1, 0.15) is 18.9 Å². The van der Waals surface area contributed by atoms with Gasteiger partial charge < -0.3 is 4.74 Å². The van der Waals surface area contributed by atoms with Gasteiger partial charge in [-0.05, 0) is 18.6 Å². The lowest BCUT2D eigenvalue weighted by atomic mass is 10.0. The molecule has 0 radical (unpaired) electrons. The molecule has 0 fully saturated rings. The van der Waals surface area contributed by atoms with Gasteiger partial charge >= 0.3 is 0 Å². The molecule has 0 spiro atoms. The molecule has 0 aromatic heterocycles. The minimum atomic E-state index is -0.128. The molecule has 1 aliphatic rings. The van der Waals surface area contributed by atoms with Gasteiger partial charge in [-0.3, -0.25) is 4.79 Å². The van der Waals surface area contributed by atoms with Crippen molar-refractivity contribution in [3.05, 3.63) is 53.8 Å². The molecule has 82 valence electrons. The number of ketones is 1. The Morgan fingerprint density at radius 2 is 2.06 bits per heavy atom. The Bertz CT molecular complexity index is 429. The third-order valence-corrected chi connectivity index (χ3v) is 2.55. The van der Waals surface area contributed by atoms with Crippen LogP contribution in [-0.4, -0.2) is 11.9 Å². The van der Waals surface area contributed by atoms with Crippen LogP contribution in [-0.2, 0) is 9.53 Å². The number of allylic oxidation sites excluding steroid dienone is 1. The van der Waals surface area contributed by atoms with Gasteiger partial charge in [-0.1, -0.05) is 36.4 Å². The summed E-state index contributed by atoms with van der Waals surface area (Å²) in [7, 11) is 0. The number of hydrogen-bond acceptors (Lipinski definition) is 2. The zero-order chi connectivity index (χ0) is 11.4. The Balaban J connectivity index is 2.02. The van der Waals surface area contributed by atoms with Crippen LogP contribution in [0, 0.1) is 0 Å². The summed E-state index contributed by atoms with van der Waals surface area (Å²) < 4.78 is 5.41. The minimum Gasteiger partial charge on any atom is -0.493 e. The SMILES string of the molecule is CC1=COC(/C=C/c2ccccc2)CC1=O. The first-order valence-corrected chi connectivity index (χ1v) is 5.34. The number of benzene rings is 1. The molecule has 0 bridgehead atoms. The predicted octanol–water partition coefficient (Wildman–Crippen LogP) is 2.96. The number of hydrogen-bond donors (Lipinski definition) is 0. The Hall–Kier alpha value is -1.83. The van der Waals surface area contributed by atoms with Crippen molar-refractivity contribution in [1.82, 2.24) is 0 Å². The first-order valence-electron chi connectivity index (χ1n) is 5.34. The standard InChI is InChI=1S/C14H14O2/c1-11-10-16-13(9-14(11)15)8-7-12-5-3-2-4-6-12/h2-8,10,13H,9H2,1H3/b8-7+. The molecule has 0 saturated carbocycles. The summed E-state index contributed by atoms with van der Waals surface area (Å²) in [6, 6.07) is 9.97. The van der Waals surface area contributed by atoms with E-state index in [2.05, 4.69) is 0 Å². The molecule has 0 aliphatic carbocycles. The highest BCUT2D eigenvalue weighted by molar-refractivity contribution is 5.95. The summed E-state index contributed by atoms with van der Waals surface area (Å²) in [5, 5.41) is 0. The highest BCUT2D eigenvalue weighted by atomic mass is 16.5. The predicted molar refractivity (Wildman–Crippen MR) is 63.7 cm³/mol. The lowest BCUT2D eigenvalue weighted by molar-refractivity contribution is -0.118. The number of Topliss-reactive ketones (excluding diaryl/α,β-unsaturated/α-hetero) is 1. The summed E-state index contributed by atoms with van der Waals surface area (Å²) in [6.45, 7) is 1.78. The molecule has 1 heterocycles. The van der Waals surface area contributed by atoms with E-state index in [0.717, 1.165) is 5.56 Å². The number of rotatable bonds is 2. The van der Waals surface area contributed by atoms with Crippen molar-refractivity contribution < 1.29 is 9.53 Å². The first-order chi connectivity index (χ1) is 7.75. The smallest absolute Gasteiger partial charge is 0.165 e. The molecule has 1 aromatic rings. The van der Waals surface area contributed by atoms with Gasteiger partial charge in [0.2, 0.25) is 0 Å². The molecule has 2 rings (SSSR count). The molecule has 1 atom stereocenters. The van der Waals surface area contributed by atoms with Crippen molar-refractivity contribution in [2.24, 2.45) is 0 Å². The number of carbonyl (C=O) groups is 1. The van der Waals surface area contributed by atoms with E-state index in [1.807, 2.05) is 42.5 Å². The summed E-state index contributed by atoms with van der Waals surface area (Å²) >= 11 is 0. The fraction of sp³-hybridized carbons (Fsp3) is 0.214. The van der Waals surface area contributed by atoms with Gasteiger partial charge in [0.15, 0.2) is 5.78 Å². The lowest BCUT2D eigenvalue weighted by Gasteiger charge is -2.17. The van der Waals surface area contributed by atoms with Gasteiger partial charge in [-0.15, -0.1) is 0 Å². The molecule has 16 heavy (non-hydrogen) atoms. The summed E-state index contributed by atoms with van der Waals surface area (Å²) in [4.78, 5) is 11.4. The molecule has 1 aliphatic heterocycles. The maximum absolute atomic E-state index is 11.4. The van der Waals surface area contributed by atoms with Crippen molar-refractivity contribution in [3.8, 4) is 0 Å². The molecule has 0 N–H and O–H groups in total. The van der Waals surface area contributed by atoms with Crippen LogP contribution in [0.5, 0.6) is 0 Å². The zero-order valence-corrected chi connectivity index (χ0v) is 9.22. The van der Waals surface area contributed by atoms with Gasteiger partial charge in [-0.2, -0.15) is 0 Å². The number of carbonyl (C=O) groups excluding carboxylic acids is 1. The van der Waals surface area contributed by atoms with E-state index in [0.29, 0.717) is 12.0 Å².